The highest BCUT2D eigenvalue weighted by atomic mass is 19.1. The molecule has 1 N–H and O–H groups in total. The van der Waals surface area contributed by atoms with Crippen molar-refractivity contribution >= 4 is 5.82 Å². The van der Waals surface area contributed by atoms with E-state index >= 15 is 0 Å². The maximum Gasteiger partial charge on any atom is 0.151 e. The Hall–Kier alpha value is -2.76. The van der Waals surface area contributed by atoms with Crippen LogP contribution in [0.1, 0.15) is 30.1 Å². The maximum atomic E-state index is 13.2. The molecular weight excluding hydrogens is 317 g/mol. The van der Waals surface area contributed by atoms with E-state index in [1.54, 1.807) is 12.1 Å². The van der Waals surface area contributed by atoms with Crippen LogP contribution in [0.5, 0.6) is 0 Å². The lowest BCUT2D eigenvalue weighted by Gasteiger charge is -2.33. The van der Waals surface area contributed by atoms with Gasteiger partial charge in [0, 0.05) is 30.3 Å². The molecule has 6 heteroatoms. The second-order valence-electron chi connectivity index (χ2n) is 6.52. The van der Waals surface area contributed by atoms with Gasteiger partial charge in [-0.3, -0.25) is 5.10 Å². The highest BCUT2D eigenvalue weighted by Gasteiger charge is 2.26. The van der Waals surface area contributed by atoms with Crippen LogP contribution in [0.3, 0.4) is 0 Å². The van der Waals surface area contributed by atoms with Crippen LogP contribution in [-0.2, 0) is 0 Å². The van der Waals surface area contributed by atoms with E-state index < -0.39 is 0 Å². The van der Waals surface area contributed by atoms with Gasteiger partial charge in [-0.05, 0) is 49.6 Å². The molecule has 5 nitrogen and oxygen atoms in total. The van der Waals surface area contributed by atoms with E-state index in [2.05, 4.69) is 25.3 Å². The summed E-state index contributed by atoms with van der Waals surface area (Å²) in [5.74, 6) is 1.02. The molecule has 1 aromatic carbocycles. The number of piperidine rings is 1. The Labute approximate surface area is 145 Å². The van der Waals surface area contributed by atoms with Gasteiger partial charge in [-0.2, -0.15) is 10.2 Å². The summed E-state index contributed by atoms with van der Waals surface area (Å²) >= 11 is 0. The average molecular weight is 337 g/mol. The average Bonchev–Trinajstić information content (AvgIpc) is 3.13. The highest BCUT2D eigenvalue weighted by Crippen LogP contribution is 2.34. The Kier molecular flexibility index (Phi) is 4.17. The van der Waals surface area contributed by atoms with Crippen LogP contribution in [0.2, 0.25) is 0 Å². The van der Waals surface area contributed by atoms with Gasteiger partial charge in [0.25, 0.3) is 0 Å². The van der Waals surface area contributed by atoms with E-state index in [0.29, 0.717) is 5.92 Å². The molecule has 0 bridgehead atoms. The number of halogens is 1. The van der Waals surface area contributed by atoms with Gasteiger partial charge in [0.05, 0.1) is 11.9 Å². The van der Waals surface area contributed by atoms with Gasteiger partial charge in [-0.25, -0.2) is 4.39 Å². The quantitative estimate of drug-likeness (QED) is 0.792. The van der Waals surface area contributed by atoms with Crippen molar-refractivity contribution < 1.29 is 4.39 Å². The second-order valence-corrected chi connectivity index (χ2v) is 6.52. The summed E-state index contributed by atoms with van der Waals surface area (Å²) in [4.78, 5) is 2.27. The zero-order valence-corrected chi connectivity index (χ0v) is 14.1. The number of benzene rings is 1. The molecular formula is C19H20FN5. The van der Waals surface area contributed by atoms with Crippen molar-refractivity contribution in [2.24, 2.45) is 0 Å². The Balaban J connectivity index is 1.59. The van der Waals surface area contributed by atoms with Crippen molar-refractivity contribution in [1.82, 2.24) is 20.4 Å². The summed E-state index contributed by atoms with van der Waals surface area (Å²) in [6.07, 6.45) is 4.00. The normalized spacial score (nSPS) is 17.7. The first-order valence-corrected chi connectivity index (χ1v) is 8.55. The molecule has 1 unspecified atom stereocenters. The maximum absolute atomic E-state index is 13.2. The van der Waals surface area contributed by atoms with E-state index in [-0.39, 0.29) is 5.82 Å². The van der Waals surface area contributed by atoms with Gasteiger partial charge in [0.2, 0.25) is 0 Å². The standard InChI is InChI=1S/C19H20FN5/c1-13-4-9-18(23-22-13)25-10-2-3-15(12-25)19-17(11-21-24-19)14-5-7-16(20)8-6-14/h4-9,11,15H,2-3,10,12H2,1H3,(H,21,24). The molecule has 2 aromatic heterocycles. The first kappa shape index (κ1) is 15.7. The molecule has 1 atom stereocenters. The number of nitrogens with zero attached hydrogens (tertiary/aromatic N) is 4. The molecule has 25 heavy (non-hydrogen) atoms. The molecule has 1 fully saturated rings. The number of anilines is 1. The SMILES string of the molecule is Cc1ccc(N2CCCC(c3[nH]ncc3-c3ccc(F)cc3)C2)nn1. The lowest BCUT2D eigenvalue weighted by molar-refractivity contribution is 0.497. The summed E-state index contributed by atoms with van der Waals surface area (Å²) in [5, 5.41) is 15.9. The molecule has 0 amide bonds. The minimum absolute atomic E-state index is 0.226. The number of hydrogen-bond donors (Lipinski definition) is 1. The second kappa shape index (κ2) is 6.63. The van der Waals surface area contributed by atoms with Gasteiger partial charge in [-0.15, -0.1) is 5.10 Å². The van der Waals surface area contributed by atoms with Crippen molar-refractivity contribution in [2.45, 2.75) is 25.7 Å². The van der Waals surface area contributed by atoms with E-state index in [4.69, 9.17) is 0 Å². The van der Waals surface area contributed by atoms with E-state index in [1.165, 1.54) is 12.1 Å². The molecule has 1 aliphatic rings. The minimum atomic E-state index is -0.226. The number of H-pyrrole nitrogens is 1. The van der Waals surface area contributed by atoms with Crippen LogP contribution < -0.4 is 4.90 Å². The molecule has 4 rings (SSSR count). The third-order valence-corrected chi connectivity index (χ3v) is 4.76. The zero-order valence-electron chi connectivity index (χ0n) is 14.1. The highest BCUT2D eigenvalue weighted by molar-refractivity contribution is 5.66. The molecule has 0 radical (unpaired) electrons. The summed E-state index contributed by atoms with van der Waals surface area (Å²) < 4.78 is 13.2. The number of aromatic nitrogens is 4. The number of aryl methyl sites for hydroxylation is 1. The third-order valence-electron chi connectivity index (χ3n) is 4.76. The predicted molar refractivity (Wildman–Crippen MR) is 94.9 cm³/mol. The third kappa shape index (κ3) is 3.24. The van der Waals surface area contributed by atoms with Crippen LogP contribution >= 0.6 is 0 Å². The molecule has 0 saturated carbocycles. The van der Waals surface area contributed by atoms with E-state index in [9.17, 15) is 4.39 Å². The Morgan fingerprint density at radius 1 is 1.12 bits per heavy atom. The van der Waals surface area contributed by atoms with Gasteiger partial charge in [0.1, 0.15) is 5.82 Å². The van der Waals surface area contributed by atoms with Crippen molar-refractivity contribution in [3.63, 3.8) is 0 Å². The van der Waals surface area contributed by atoms with Crippen LogP contribution in [-0.4, -0.2) is 33.5 Å². The first-order valence-electron chi connectivity index (χ1n) is 8.55. The minimum Gasteiger partial charge on any atom is -0.354 e. The number of hydrogen-bond acceptors (Lipinski definition) is 4. The molecule has 1 saturated heterocycles. The van der Waals surface area contributed by atoms with E-state index in [1.807, 2.05) is 25.3 Å². The van der Waals surface area contributed by atoms with Crippen LogP contribution in [0, 0.1) is 12.7 Å². The monoisotopic (exact) mass is 337 g/mol. The van der Waals surface area contributed by atoms with Crippen LogP contribution in [0.25, 0.3) is 11.1 Å². The summed E-state index contributed by atoms with van der Waals surface area (Å²) in [6.45, 7) is 3.79. The number of rotatable bonds is 3. The Morgan fingerprint density at radius 2 is 1.96 bits per heavy atom. The zero-order chi connectivity index (χ0) is 17.2. The van der Waals surface area contributed by atoms with E-state index in [0.717, 1.165) is 54.3 Å². The fourth-order valence-corrected chi connectivity index (χ4v) is 3.45. The summed E-state index contributed by atoms with van der Waals surface area (Å²) in [5.41, 5.74) is 4.06. The number of nitrogens with one attached hydrogen (secondary N) is 1. The van der Waals surface area contributed by atoms with Gasteiger partial charge < -0.3 is 4.90 Å². The fraction of sp³-hybridized carbons (Fsp3) is 0.316. The van der Waals surface area contributed by atoms with Crippen molar-refractivity contribution in [1.29, 1.82) is 0 Å². The molecule has 1 aliphatic heterocycles. The largest absolute Gasteiger partial charge is 0.354 e. The summed E-state index contributed by atoms with van der Waals surface area (Å²) in [7, 11) is 0. The van der Waals surface area contributed by atoms with Crippen LogP contribution in [0.15, 0.2) is 42.6 Å². The smallest absolute Gasteiger partial charge is 0.151 e. The van der Waals surface area contributed by atoms with Gasteiger partial charge in [-0.1, -0.05) is 12.1 Å². The lowest BCUT2D eigenvalue weighted by atomic mass is 9.90. The molecule has 128 valence electrons. The Morgan fingerprint density at radius 3 is 2.72 bits per heavy atom. The molecule has 0 spiro atoms. The molecule has 3 aromatic rings. The van der Waals surface area contributed by atoms with Crippen molar-refractivity contribution in [3.05, 3.63) is 59.8 Å². The number of aromatic amines is 1. The lowest BCUT2D eigenvalue weighted by Crippen LogP contribution is -2.35. The van der Waals surface area contributed by atoms with Crippen molar-refractivity contribution in [2.75, 3.05) is 18.0 Å². The fourth-order valence-electron chi connectivity index (χ4n) is 3.45. The van der Waals surface area contributed by atoms with Gasteiger partial charge >= 0.3 is 0 Å². The van der Waals surface area contributed by atoms with Gasteiger partial charge in [0.15, 0.2) is 5.82 Å². The molecule has 3 heterocycles. The first-order chi connectivity index (χ1) is 12.2. The van der Waals surface area contributed by atoms with Crippen molar-refractivity contribution in [3.8, 4) is 11.1 Å². The topological polar surface area (TPSA) is 57.7 Å². The summed E-state index contributed by atoms with van der Waals surface area (Å²) in [6, 6.07) is 10.6. The predicted octanol–water partition coefficient (Wildman–Crippen LogP) is 3.70. The Bertz CT molecular complexity index is 841. The molecule has 0 aliphatic carbocycles. The van der Waals surface area contributed by atoms with Crippen LogP contribution in [0.4, 0.5) is 10.2 Å².